The van der Waals surface area contributed by atoms with Crippen molar-refractivity contribution in [1.82, 2.24) is 30.0 Å². The van der Waals surface area contributed by atoms with Gasteiger partial charge in [-0.3, -0.25) is 14.5 Å². The molecular formula is C34H42Cl2N10O2. The maximum Gasteiger partial charge on any atom is 0.240 e. The van der Waals surface area contributed by atoms with Crippen molar-refractivity contribution in [2.45, 2.75) is 38.1 Å². The van der Waals surface area contributed by atoms with E-state index >= 15 is 0 Å². The van der Waals surface area contributed by atoms with E-state index < -0.39 is 11.9 Å². The molecule has 1 aliphatic carbocycles. The van der Waals surface area contributed by atoms with Crippen molar-refractivity contribution < 1.29 is 9.59 Å². The van der Waals surface area contributed by atoms with Crippen LogP contribution in [0, 0.1) is 11.8 Å². The Kier molecular flexibility index (Phi) is 11.6. The lowest BCUT2D eigenvalue weighted by molar-refractivity contribution is -0.127. The summed E-state index contributed by atoms with van der Waals surface area (Å²) in [5.41, 5.74) is 16.0. The number of nitrogens with zero attached hydrogens (tertiary/aromatic N) is 7. The first kappa shape index (κ1) is 35.2. The summed E-state index contributed by atoms with van der Waals surface area (Å²) >= 11 is 5.94. The summed E-state index contributed by atoms with van der Waals surface area (Å²) in [7, 11) is 2.12. The van der Waals surface area contributed by atoms with Gasteiger partial charge >= 0.3 is 0 Å². The summed E-state index contributed by atoms with van der Waals surface area (Å²) in [6, 6.07) is 14.2. The number of piperazine rings is 1. The molecule has 0 spiro atoms. The van der Waals surface area contributed by atoms with Crippen LogP contribution >= 0.6 is 24.0 Å². The van der Waals surface area contributed by atoms with Crippen molar-refractivity contribution in [2.75, 3.05) is 49.6 Å². The van der Waals surface area contributed by atoms with E-state index in [1.807, 2.05) is 48.8 Å². The Labute approximate surface area is 291 Å². The molecule has 0 bridgehead atoms. The first-order valence-electron chi connectivity index (χ1n) is 16.1. The molecule has 1 atom stereocenters. The normalized spacial score (nSPS) is 18.9. The predicted molar refractivity (Wildman–Crippen MR) is 190 cm³/mol. The topological polar surface area (TPSA) is 163 Å². The number of aromatic nitrogens is 5. The van der Waals surface area contributed by atoms with E-state index in [0.29, 0.717) is 24.0 Å². The summed E-state index contributed by atoms with van der Waals surface area (Å²) in [6.45, 7) is 4.34. The van der Waals surface area contributed by atoms with Crippen molar-refractivity contribution in [2.24, 2.45) is 23.3 Å². The molecule has 12 nitrogen and oxygen atoms in total. The van der Waals surface area contributed by atoms with Crippen molar-refractivity contribution in [3.05, 3.63) is 71.8 Å². The van der Waals surface area contributed by atoms with Crippen LogP contribution in [-0.2, 0) is 16.0 Å². The van der Waals surface area contributed by atoms with Gasteiger partial charge in [0.15, 0.2) is 5.82 Å². The van der Waals surface area contributed by atoms with Gasteiger partial charge in [0.25, 0.3) is 0 Å². The number of hydrogen-bond acceptors (Lipinski definition) is 9. The SMILES string of the molecule is CN1CCN(c2ncc(-c3cccc(C[C@@H](C(N)=O)N(C(=O)C4CCC(CN)CC4)c4ccc(-c5n[nH]c(Cl)n5)cc4)c3)cn2)CC1.Cl. The maximum atomic E-state index is 14.3. The van der Waals surface area contributed by atoms with Crippen LogP contribution in [0.5, 0.6) is 0 Å². The van der Waals surface area contributed by atoms with Crippen LogP contribution in [-0.4, -0.2) is 87.7 Å². The average molecular weight is 694 g/mol. The zero-order valence-electron chi connectivity index (χ0n) is 27.0. The molecule has 0 radical (unpaired) electrons. The molecule has 2 aliphatic rings. The lowest BCUT2D eigenvalue weighted by atomic mass is 9.81. The zero-order valence-corrected chi connectivity index (χ0v) is 28.5. The van der Waals surface area contributed by atoms with E-state index in [1.165, 1.54) is 0 Å². The molecule has 14 heteroatoms. The van der Waals surface area contributed by atoms with E-state index in [1.54, 1.807) is 17.0 Å². The summed E-state index contributed by atoms with van der Waals surface area (Å²) in [6.07, 6.45) is 7.11. The number of aromatic amines is 1. The molecule has 3 heterocycles. The van der Waals surface area contributed by atoms with E-state index in [2.05, 4.69) is 42.0 Å². The number of primary amides is 1. The van der Waals surface area contributed by atoms with Crippen molar-refractivity contribution in [1.29, 1.82) is 0 Å². The first-order valence-corrected chi connectivity index (χ1v) is 16.5. The Bertz CT molecular complexity index is 1670. The number of anilines is 2. The highest BCUT2D eigenvalue weighted by Crippen LogP contribution is 2.33. The van der Waals surface area contributed by atoms with Gasteiger partial charge in [-0.25, -0.2) is 15.1 Å². The van der Waals surface area contributed by atoms with E-state index in [0.717, 1.165) is 80.1 Å². The molecule has 2 aromatic heterocycles. The third kappa shape index (κ3) is 8.12. The van der Waals surface area contributed by atoms with Crippen LogP contribution < -0.4 is 21.3 Å². The highest BCUT2D eigenvalue weighted by Gasteiger charge is 2.36. The monoisotopic (exact) mass is 692 g/mol. The molecule has 1 saturated heterocycles. The van der Waals surface area contributed by atoms with Gasteiger partial charge < -0.3 is 21.3 Å². The summed E-state index contributed by atoms with van der Waals surface area (Å²) in [4.78, 5) is 47.0. The molecule has 5 N–H and O–H groups in total. The minimum Gasteiger partial charge on any atom is -0.368 e. The second kappa shape index (κ2) is 15.9. The molecule has 2 fully saturated rings. The molecule has 2 amide bonds. The van der Waals surface area contributed by atoms with Crippen molar-refractivity contribution in [3.63, 3.8) is 0 Å². The molecule has 2 aromatic carbocycles. The molecule has 254 valence electrons. The number of nitrogens with two attached hydrogens (primary N) is 2. The predicted octanol–water partition coefficient (Wildman–Crippen LogP) is 3.95. The number of carbonyl (C=O) groups excluding carboxylic acids is 2. The summed E-state index contributed by atoms with van der Waals surface area (Å²) in [5, 5.41) is 6.93. The van der Waals surface area contributed by atoms with Gasteiger partial charge in [0.05, 0.1) is 0 Å². The second-order valence-corrected chi connectivity index (χ2v) is 12.9. The van der Waals surface area contributed by atoms with Crippen LogP contribution in [0.2, 0.25) is 5.28 Å². The molecule has 1 saturated carbocycles. The largest absolute Gasteiger partial charge is 0.368 e. The fraction of sp³-hybridized carbons (Fsp3) is 0.412. The molecule has 0 unspecified atom stereocenters. The Morgan fingerprint density at radius 1 is 0.979 bits per heavy atom. The molecular weight excluding hydrogens is 651 g/mol. The minimum absolute atomic E-state index is 0. The molecule has 6 rings (SSSR count). The number of benzene rings is 2. The van der Waals surface area contributed by atoms with Gasteiger partial charge in [-0.2, -0.15) is 10.1 Å². The number of carbonyl (C=O) groups is 2. The van der Waals surface area contributed by atoms with Crippen LogP contribution in [0.3, 0.4) is 0 Å². The van der Waals surface area contributed by atoms with Crippen LogP contribution in [0.15, 0.2) is 60.9 Å². The third-order valence-corrected chi connectivity index (χ3v) is 9.55. The number of amides is 2. The Morgan fingerprint density at radius 3 is 2.27 bits per heavy atom. The molecule has 4 aromatic rings. The average Bonchev–Trinajstić information content (AvgIpc) is 3.55. The Balaban J connectivity index is 0.00000451. The smallest absolute Gasteiger partial charge is 0.240 e. The Morgan fingerprint density at radius 2 is 1.67 bits per heavy atom. The van der Waals surface area contributed by atoms with E-state index in [-0.39, 0.29) is 35.9 Å². The van der Waals surface area contributed by atoms with Crippen LogP contribution in [0.1, 0.15) is 31.2 Å². The van der Waals surface area contributed by atoms with Crippen LogP contribution in [0.4, 0.5) is 11.6 Å². The van der Waals surface area contributed by atoms with Gasteiger partial charge in [0.1, 0.15) is 6.04 Å². The molecule has 48 heavy (non-hydrogen) atoms. The fourth-order valence-electron chi connectivity index (χ4n) is 6.51. The fourth-order valence-corrected chi connectivity index (χ4v) is 6.63. The minimum atomic E-state index is -0.912. The zero-order chi connectivity index (χ0) is 32.9. The Hall–Kier alpha value is -4.10. The number of H-pyrrole nitrogens is 1. The van der Waals surface area contributed by atoms with Gasteiger partial charge in [0, 0.05) is 67.7 Å². The number of hydrogen-bond donors (Lipinski definition) is 3. The van der Waals surface area contributed by atoms with Gasteiger partial charge in [0.2, 0.25) is 23.0 Å². The second-order valence-electron chi connectivity index (χ2n) is 12.5. The number of halogens is 2. The quantitative estimate of drug-likeness (QED) is 0.223. The van der Waals surface area contributed by atoms with Gasteiger partial charge in [-0.15, -0.1) is 12.4 Å². The highest BCUT2D eigenvalue weighted by atomic mass is 35.5. The third-order valence-electron chi connectivity index (χ3n) is 9.38. The van der Waals surface area contributed by atoms with E-state index in [9.17, 15) is 9.59 Å². The first-order chi connectivity index (χ1) is 22.8. The lowest BCUT2D eigenvalue weighted by Crippen LogP contribution is -2.52. The van der Waals surface area contributed by atoms with Crippen LogP contribution in [0.25, 0.3) is 22.5 Å². The number of nitrogens with one attached hydrogen (secondary N) is 1. The van der Waals surface area contributed by atoms with Crippen molar-refractivity contribution >= 4 is 47.5 Å². The summed E-state index contributed by atoms with van der Waals surface area (Å²) < 4.78 is 0. The van der Waals surface area contributed by atoms with Gasteiger partial charge in [-0.1, -0.05) is 24.3 Å². The number of rotatable bonds is 10. The maximum absolute atomic E-state index is 14.3. The van der Waals surface area contributed by atoms with E-state index in [4.69, 9.17) is 23.1 Å². The number of likely N-dealkylation sites (N-methyl/N-ethyl adjacent to an activating group) is 1. The lowest BCUT2D eigenvalue weighted by Gasteiger charge is -2.35. The van der Waals surface area contributed by atoms with Gasteiger partial charge in [-0.05, 0) is 92.2 Å². The highest BCUT2D eigenvalue weighted by molar-refractivity contribution is 6.28. The standard InChI is InChI=1S/C34H41ClN10O2.ClH/c1-43-13-15-44(16-14-43)34-38-20-27(21-39-34)26-4-2-3-23(17-26)18-29(30(37)46)45(32(47)25-7-5-22(19-36)6-8-25)28-11-9-24(10-12-28)31-40-33(35)42-41-31;/h2-4,9-12,17,20-22,25,29H,5-8,13-16,18-19,36H2,1H3,(H2,37,46)(H,40,41,42);1H/t22?,25?,29-;/m0./s1. The summed E-state index contributed by atoms with van der Waals surface area (Å²) in [5.74, 6) is 0.649. The van der Waals surface area contributed by atoms with Crippen molar-refractivity contribution in [3.8, 4) is 22.5 Å². The molecule has 1 aliphatic heterocycles.